The number of aromatic nitrogens is 1. The number of hydrogen-bond donors (Lipinski definition) is 0. The molecule has 0 aliphatic carbocycles. The lowest BCUT2D eigenvalue weighted by atomic mass is 9.90. The first-order valence-corrected chi connectivity index (χ1v) is 14.5. The maximum Gasteiger partial charge on any atom is 0.257 e. The first-order valence-electron chi connectivity index (χ1n) is 11.9. The van der Waals surface area contributed by atoms with Crippen LogP contribution in [0.25, 0.3) is 0 Å². The van der Waals surface area contributed by atoms with Crippen molar-refractivity contribution in [3.63, 3.8) is 0 Å². The zero-order chi connectivity index (χ0) is 26.9. The molecule has 0 spiro atoms. The monoisotopic (exact) mass is 566 g/mol. The molecular formula is C29H24Cl2N2O4S. The van der Waals surface area contributed by atoms with Crippen LogP contribution in [0.15, 0.2) is 102 Å². The number of nitrogens with zero attached hydrogens (tertiary/aromatic N) is 2. The van der Waals surface area contributed by atoms with Crippen LogP contribution in [0, 0.1) is 0 Å². The summed E-state index contributed by atoms with van der Waals surface area (Å²) in [6, 6.07) is 24.4. The molecule has 9 heteroatoms. The third kappa shape index (κ3) is 5.61. The quantitative estimate of drug-likeness (QED) is 0.275. The molecule has 1 amide bonds. The fourth-order valence-corrected chi connectivity index (χ4v) is 5.52. The van der Waals surface area contributed by atoms with E-state index in [1.807, 2.05) is 30.3 Å². The van der Waals surface area contributed by atoms with E-state index in [1.54, 1.807) is 71.9 Å². The highest BCUT2D eigenvalue weighted by Crippen LogP contribution is 2.45. The lowest BCUT2D eigenvalue weighted by molar-refractivity contribution is -0.145. The van der Waals surface area contributed by atoms with Crippen LogP contribution >= 0.6 is 23.2 Å². The van der Waals surface area contributed by atoms with Crippen molar-refractivity contribution < 1.29 is 17.9 Å². The Bertz CT molecular complexity index is 1530. The first-order chi connectivity index (χ1) is 18.2. The maximum atomic E-state index is 14.1. The number of amides is 1. The minimum atomic E-state index is -3.33. The van der Waals surface area contributed by atoms with E-state index in [9.17, 15) is 13.2 Å². The molecule has 4 aromatic rings. The zero-order valence-corrected chi connectivity index (χ0v) is 22.7. The summed E-state index contributed by atoms with van der Waals surface area (Å²) in [5.41, 5.74) is 3.12. The Morgan fingerprint density at radius 2 is 1.47 bits per heavy atom. The number of sulfone groups is 1. The Balaban J connectivity index is 1.59. The molecule has 3 atom stereocenters. The Morgan fingerprint density at radius 1 is 0.868 bits per heavy atom. The van der Waals surface area contributed by atoms with Crippen molar-refractivity contribution in [2.75, 3.05) is 11.2 Å². The molecule has 38 heavy (non-hydrogen) atoms. The molecule has 3 aromatic carbocycles. The lowest BCUT2D eigenvalue weighted by Crippen LogP contribution is -2.51. The number of carbonyl (C=O) groups is 1. The third-order valence-electron chi connectivity index (χ3n) is 6.50. The maximum absolute atomic E-state index is 14.1. The van der Waals surface area contributed by atoms with Crippen molar-refractivity contribution >= 4 is 44.6 Å². The van der Waals surface area contributed by atoms with Gasteiger partial charge in [-0.05, 0) is 65.2 Å². The lowest BCUT2D eigenvalue weighted by Gasteiger charge is -2.44. The molecule has 0 radical (unpaired) electrons. The summed E-state index contributed by atoms with van der Waals surface area (Å²) < 4.78 is 30.4. The summed E-state index contributed by atoms with van der Waals surface area (Å²) in [5, 5.41) is 1.18. The van der Waals surface area contributed by atoms with Crippen molar-refractivity contribution in [3.8, 4) is 0 Å². The number of rotatable bonds is 6. The van der Waals surface area contributed by atoms with Gasteiger partial charge in [-0.3, -0.25) is 14.7 Å². The van der Waals surface area contributed by atoms with Crippen LogP contribution in [0.2, 0.25) is 10.0 Å². The van der Waals surface area contributed by atoms with Crippen molar-refractivity contribution in [3.05, 3.63) is 124 Å². The fraction of sp³-hybridized carbons (Fsp3) is 0.172. The van der Waals surface area contributed by atoms with E-state index in [2.05, 4.69) is 4.98 Å². The minimum absolute atomic E-state index is 0.218. The molecule has 1 saturated heterocycles. The fourth-order valence-electron chi connectivity index (χ4n) is 4.64. The van der Waals surface area contributed by atoms with Crippen molar-refractivity contribution in [1.29, 1.82) is 0 Å². The molecule has 194 valence electrons. The van der Waals surface area contributed by atoms with E-state index < -0.39 is 28.1 Å². The van der Waals surface area contributed by atoms with Crippen molar-refractivity contribution in [2.24, 2.45) is 0 Å². The van der Waals surface area contributed by atoms with Gasteiger partial charge in [0.25, 0.3) is 5.91 Å². The van der Waals surface area contributed by atoms with Gasteiger partial charge in [0.2, 0.25) is 0 Å². The number of ether oxygens (including phenoxy) is 1. The predicted octanol–water partition coefficient (Wildman–Crippen LogP) is 6.25. The highest BCUT2D eigenvalue weighted by atomic mass is 35.5. The Hall–Kier alpha value is -3.23. The van der Waals surface area contributed by atoms with Gasteiger partial charge in [0.05, 0.1) is 22.8 Å². The summed E-state index contributed by atoms with van der Waals surface area (Å²) in [7, 11) is -3.33. The van der Waals surface area contributed by atoms with E-state index in [0.717, 1.165) is 22.9 Å². The van der Waals surface area contributed by atoms with Gasteiger partial charge in [0.15, 0.2) is 9.84 Å². The largest absolute Gasteiger partial charge is 0.358 e. The van der Waals surface area contributed by atoms with E-state index in [-0.39, 0.29) is 17.2 Å². The third-order valence-corrected chi connectivity index (χ3v) is 8.13. The van der Waals surface area contributed by atoms with Crippen LogP contribution in [-0.4, -0.2) is 31.7 Å². The summed E-state index contributed by atoms with van der Waals surface area (Å²) in [5.74, 6) is -0.227. The molecule has 5 rings (SSSR count). The molecule has 6 nitrogen and oxygen atoms in total. The number of morpholine rings is 1. The van der Waals surface area contributed by atoms with Crippen LogP contribution in [0.1, 0.15) is 28.8 Å². The van der Waals surface area contributed by atoms with Gasteiger partial charge in [-0.2, -0.15) is 0 Å². The van der Waals surface area contributed by atoms with Gasteiger partial charge in [-0.15, -0.1) is 0 Å². The molecule has 1 aromatic heterocycles. The molecule has 1 aliphatic heterocycles. The zero-order valence-electron chi connectivity index (χ0n) is 20.4. The topological polar surface area (TPSA) is 76.6 Å². The highest BCUT2D eigenvalue weighted by molar-refractivity contribution is 7.90. The van der Waals surface area contributed by atoms with Gasteiger partial charge in [0.1, 0.15) is 12.2 Å². The molecule has 1 aliphatic rings. The predicted molar refractivity (Wildman–Crippen MR) is 148 cm³/mol. The average molecular weight is 567 g/mol. The normalized spacial score (nSPS) is 19.9. The van der Waals surface area contributed by atoms with Gasteiger partial charge in [0, 0.05) is 28.9 Å². The second-order valence-corrected chi connectivity index (χ2v) is 12.0. The first kappa shape index (κ1) is 26.4. The Morgan fingerprint density at radius 3 is 2.03 bits per heavy atom. The van der Waals surface area contributed by atoms with Crippen molar-refractivity contribution in [2.45, 2.75) is 29.6 Å². The summed E-state index contributed by atoms with van der Waals surface area (Å²) in [6.45, 7) is 0. The van der Waals surface area contributed by atoms with Crippen LogP contribution < -0.4 is 4.90 Å². The Kier molecular flexibility index (Phi) is 7.54. The van der Waals surface area contributed by atoms with Gasteiger partial charge < -0.3 is 4.74 Å². The van der Waals surface area contributed by atoms with Gasteiger partial charge in [-0.25, -0.2) is 8.42 Å². The van der Waals surface area contributed by atoms with Gasteiger partial charge in [-0.1, -0.05) is 59.6 Å². The number of halogens is 2. The number of benzene rings is 3. The number of pyridine rings is 1. The van der Waals surface area contributed by atoms with E-state index in [4.69, 9.17) is 27.9 Å². The second-order valence-electron chi connectivity index (χ2n) is 9.13. The average Bonchev–Trinajstić information content (AvgIpc) is 2.91. The standard InChI is InChI=1S/C29H24Cl2N2O4S/c1-38(35,36)25-14-4-19(5-15-25)17-26-29(34)33(24-3-2-16-32-18-24)27(20-6-10-22(30)11-7-20)28(37-26)21-8-12-23(31)13-9-21/h2-16,18,26-28H,17H2,1H3/t26?,27-,28+/m0/s1. The second kappa shape index (κ2) is 10.9. The summed E-state index contributed by atoms with van der Waals surface area (Å²) in [4.78, 5) is 20.3. The van der Waals surface area contributed by atoms with Crippen LogP contribution in [0.5, 0.6) is 0 Å². The van der Waals surface area contributed by atoms with Crippen LogP contribution in [0.4, 0.5) is 5.69 Å². The number of hydrogen-bond acceptors (Lipinski definition) is 5. The molecule has 0 bridgehead atoms. The van der Waals surface area contributed by atoms with Crippen LogP contribution in [-0.2, 0) is 25.8 Å². The van der Waals surface area contributed by atoms with E-state index in [1.165, 1.54) is 0 Å². The Labute approximate surface area is 231 Å². The number of carbonyl (C=O) groups excluding carboxylic acids is 1. The number of anilines is 1. The van der Waals surface area contributed by atoms with E-state index in [0.29, 0.717) is 15.7 Å². The minimum Gasteiger partial charge on any atom is -0.358 e. The summed E-state index contributed by atoms with van der Waals surface area (Å²) in [6.07, 6.45) is 3.37. The summed E-state index contributed by atoms with van der Waals surface area (Å²) >= 11 is 12.4. The molecule has 0 saturated carbocycles. The molecule has 2 heterocycles. The SMILES string of the molecule is CS(=O)(=O)c1ccc(CC2O[C@H](c3ccc(Cl)cc3)[C@H](c3ccc(Cl)cc3)N(c3cccnc3)C2=O)cc1. The molecule has 1 fully saturated rings. The smallest absolute Gasteiger partial charge is 0.257 e. The molecule has 1 unspecified atom stereocenters. The van der Waals surface area contributed by atoms with Crippen molar-refractivity contribution in [1.82, 2.24) is 4.98 Å². The molecular weight excluding hydrogens is 543 g/mol. The van der Waals surface area contributed by atoms with Gasteiger partial charge >= 0.3 is 0 Å². The van der Waals surface area contributed by atoms with E-state index >= 15 is 0 Å². The molecule has 0 N–H and O–H groups in total. The highest BCUT2D eigenvalue weighted by Gasteiger charge is 2.45. The van der Waals surface area contributed by atoms with Crippen LogP contribution in [0.3, 0.4) is 0 Å².